The standard InChI is InChI=1S/C13H14ClN3O2/c1-7-6-16-13(19-7)8(2)17-12(18)9-3-4-10(14)11(15)5-9/h3-6,8H,15H2,1-2H3,(H,17,18). The fraction of sp³-hybridized carbons (Fsp3) is 0.231. The lowest BCUT2D eigenvalue weighted by Gasteiger charge is -2.11. The van der Waals surface area contributed by atoms with E-state index in [2.05, 4.69) is 10.3 Å². The second kappa shape index (κ2) is 5.32. The van der Waals surface area contributed by atoms with E-state index in [-0.39, 0.29) is 11.9 Å². The van der Waals surface area contributed by atoms with Gasteiger partial charge in [-0.15, -0.1) is 0 Å². The average molecular weight is 280 g/mol. The molecule has 2 aromatic rings. The molecule has 100 valence electrons. The molecule has 2 rings (SSSR count). The van der Waals surface area contributed by atoms with Crippen molar-refractivity contribution in [3.63, 3.8) is 0 Å². The lowest BCUT2D eigenvalue weighted by Crippen LogP contribution is -2.26. The van der Waals surface area contributed by atoms with Crippen LogP contribution in [0.5, 0.6) is 0 Å². The van der Waals surface area contributed by atoms with E-state index in [1.165, 1.54) is 6.07 Å². The lowest BCUT2D eigenvalue weighted by molar-refractivity contribution is 0.0934. The zero-order valence-electron chi connectivity index (χ0n) is 10.6. The number of hydrogen-bond acceptors (Lipinski definition) is 4. The van der Waals surface area contributed by atoms with E-state index in [9.17, 15) is 4.79 Å². The van der Waals surface area contributed by atoms with Crippen molar-refractivity contribution >= 4 is 23.2 Å². The quantitative estimate of drug-likeness (QED) is 0.847. The van der Waals surface area contributed by atoms with Crippen molar-refractivity contribution in [3.05, 3.63) is 46.6 Å². The van der Waals surface area contributed by atoms with Gasteiger partial charge in [0.25, 0.3) is 5.91 Å². The molecule has 3 N–H and O–H groups in total. The molecule has 0 bridgehead atoms. The molecule has 1 aromatic carbocycles. The first kappa shape index (κ1) is 13.4. The predicted octanol–water partition coefficient (Wildman–Crippen LogP) is 2.71. The summed E-state index contributed by atoms with van der Waals surface area (Å²) in [5.41, 5.74) is 6.47. The maximum Gasteiger partial charge on any atom is 0.251 e. The van der Waals surface area contributed by atoms with Crippen molar-refractivity contribution in [2.24, 2.45) is 0 Å². The molecule has 6 heteroatoms. The Bertz CT molecular complexity index is 610. The third-order valence-corrected chi connectivity index (χ3v) is 2.96. The fourth-order valence-electron chi connectivity index (χ4n) is 1.60. The Morgan fingerprint density at radius 1 is 1.53 bits per heavy atom. The second-order valence-corrected chi connectivity index (χ2v) is 4.65. The van der Waals surface area contributed by atoms with Crippen molar-refractivity contribution in [3.8, 4) is 0 Å². The van der Waals surface area contributed by atoms with Gasteiger partial charge < -0.3 is 15.5 Å². The van der Waals surface area contributed by atoms with Crippen molar-refractivity contribution in [1.29, 1.82) is 0 Å². The number of hydrogen-bond donors (Lipinski definition) is 2. The van der Waals surface area contributed by atoms with Crippen LogP contribution in [0.1, 0.15) is 35.0 Å². The zero-order valence-corrected chi connectivity index (χ0v) is 11.4. The summed E-state index contributed by atoms with van der Waals surface area (Å²) < 4.78 is 5.35. The molecule has 0 fully saturated rings. The Balaban J connectivity index is 2.10. The number of rotatable bonds is 3. The van der Waals surface area contributed by atoms with E-state index in [1.807, 2.05) is 0 Å². The summed E-state index contributed by atoms with van der Waals surface area (Å²) in [5.74, 6) is 0.909. The molecule has 1 aromatic heterocycles. The summed E-state index contributed by atoms with van der Waals surface area (Å²) in [6.45, 7) is 3.59. The number of oxazole rings is 1. The molecule has 1 amide bonds. The highest BCUT2D eigenvalue weighted by molar-refractivity contribution is 6.33. The van der Waals surface area contributed by atoms with E-state index in [1.54, 1.807) is 32.2 Å². The molecule has 0 aliphatic carbocycles. The summed E-state index contributed by atoms with van der Waals surface area (Å²) in [7, 11) is 0. The van der Waals surface area contributed by atoms with Crippen molar-refractivity contribution in [1.82, 2.24) is 10.3 Å². The topological polar surface area (TPSA) is 81.2 Å². The molecule has 1 unspecified atom stereocenters. The maximum absolute atomic E-state index is 12.0. The number of nitrogens with zero attached hydrogens (tertiary/aromatic N) is 1. The van der Waals surface area contributed by atoms with Crippen molar-refractivity contribution in [2.45, 2.75) is 19.9 Å². The van der Waals surface area contributed by atoms with E-state index < -0.39 is 0 Å². The van der Waals surface area contributed by atoms with Gasteiger partial charge in [0.2, 0.25) is 5.89 Å². The molecule has 0 aliphatic rings. The van der Waals surface area contributed by atoms with Crippen molar-refractivity contribution in [2.75, 3.05) is 5.73 Å². The number of aryl methyl sites for hydroxylation is 1. The van der Waals surface area contributed by atoms with E-state index in [0.29, 0.717) is 27.9 Å². The number of anilines is 1. The van der Waals surface area contributed by atoms with Gasteiger partial charge in [-0.05, 0) is 32.0 Å². The molecule has 0 saturated carbocycles. The number of carbonyl (C=O) groups excluding carboxylic acids is 1. The third kappa shape index (κ3) is 3.06. The normalized spacial score (nSPS) is 12.2. The zero-order chi connectivity index (χ0) is 14.0. The van der Waals surface area contributed by atoms with Crippen LogP contribution in [0.3, 0.4) is 0 Å². The monoisotopic (exact) mass is 279 g/mol. The van der Waals surface area contributed by atoms with Crippen molar-refractivity contribution < 1.29 is 9.21 Å². The van der Waals surface area contributed by atoms with Crippen LogP contribution in [0.25, 0.3) is 0 Å². The largest absolute Gasteiger partial charge is 0.444 e. The Labute approximate surface area is 115 Å². The highest BCUT2D eigenvalue weighted by Crippen LogP contribution is 2.20. The summed E-state index contributed by atoms with van der Waals surface area (Å²) >= 11 is 5.81. The Morgan fingerprint density at radius 3 is 2.84 bits per heavy atom. The Morgan fingerprint density at radius 2 is 2.26 bits per heavy atom. The van der Waals surface area contributed by atoms with Crippen LogP contribution in [0, 0.1) is 6.92 Å². The van der Waals surface area contributed by atoms with Gasteiger partial charge in [-0.1, -0.05) is 11.6 Å². The van der Waals surface area contributed by atoms with Crippen LogP contribution < -0.4 is 11.1 Å². The maximum atomic E-state index is 12.0. The molecule has 19 heavy (non-hydrogen) atoms. The molecule has 5 nitrogen and oxygen atoms in total. The second-order valence-electron chi connectivity index (χ2n) is 4.24. The minimum Gasteiger partial charge on any atom is -0.444 e. The molecule has 0 spiro atoms. The van der Waals surface area contributed by atoms with Crippen LogP contribution in [0.4, 0.5) is 5.69 Å². The molecule has 1 heterocycles. The van der Waals surface area contributed by atoms with Gasteiger partial charge in [-0.3, -0.25) is 4.79 Å². The predicted molar refractivity (Wildman–Crippen MR) is 73.0 cm³/mol. The number of nitrogen functional groups attached to an aromatic ring is 1. The molecular weight excluding hydrogens is 266 g/mol. The summed E-state index contributed by atoms with van der Waals surface area (Å²) in [6.07, 6.45) is 1.61. The van der Waals surface area contributed by atoms with Crippen LogP contribution in [0.2, 0.25) is 5.02 Å². The smallest absolute Gasteiger partial charge is 0.251 e. The van der Waals surface area contributed by atoms with Gasteiger partial charge in [0.15, 0.2) is 0 Å². The van der Waals surface area contributed by atoms with Gasteiger partial charge in [0, 0.05) is 5.56 Å². The number of benzene rings is 1. The van der Waals surface area contributed by atoms with Gasteiger partial charge in [-0.25, -0.2) is 4.98 Å². The van der Waals surface area contributed by atoms with Crippen LogP contribution >= 0.6 is 11.6 Å². The molecule has 0 aliphatic heterocycles. The minimum absolute atomic E-state index is 0.258. The van der Waals surface area contributed by atoms with Gasteiger partial charge in [0.05, 0.1) is 16.9 Å². The summed E-state index contributed by atoms with van der Waals surface area (Å²) in [6, 6.07) is 4.41. The Kier molecular flexibility index (Phi) is 3.76. The number of amides is 1. The number of nitrogens with one attached hydrogen (secondary N) is 1. The van der Waals surface area contributed by atoms with Gasteiger partial charge in [-0.2, -0.15) is 0 Å². The highest BCUT2D eigenvalue weighted by Gasteiger charge is 2.15. The third-order valence-electron chi connectivity index (χ3n) is 2.62. The minimum atomic E-state index is -0.321. The fourth-order valence-corrected chi connectivity index (χ4v) is 1.72. The van der Waals surface area contributed by atoms with E-state index >= 15 is 0 Å². The first-order valence-electron chi connectivity index (χ1n) is 5.75. The Hall–Kier alpha value is -2.01. The van der Waals surface area contributed by atoms with Gasteiger partial charge >= 0.3 is 0 Å². The molecular formula is C13H14ClN3O2. The number of nitrogens with two attached hydrogens (primary N) is 1. The van der Waals surface area contributed by atoms with Crippen LogP contribution in [-0.4, -0.2) is 10.9 Å². The van der Waals surface area contributed by atoms with E-state index in [4.69, 9.17) is 21.8 Å². The summed E-state index contributed by atoms with van der Waals surface area (Å²) in [5, 5.41) is 3.20. The summed E-state index contributed by atoms with van der Waals surface area (Å²) in [4.78, 5) is 16.1. The van der Waals surface area contributed by atoms with Crippen LogP contribution in [0.15, 0.2) is 28.8 Å². The number of aromatic nitrogens is 1. The average Bonchev–Trinajstić information content (AvgIpc) is 2.79. The molecule has 1 atom stereocenters. The number of carbonyl (C=O) groups is 1. The van der Waals surface area contributed by atoms with Crippen LogP contribution in [-0.2, 0) is 0 Å². The van der Waals surface area contributed by atoms with E-state index in [0.717, 1.165) is 0 Å². The lowest BCUT2D eigenvalue weighted by atomic mass is 10.2. The SMILES string of the molecule is Cc1cnc(C(C)NC(=O)c2ccc(Cl)c(N)c2)o1. The number of halogens is 1. The molecule has 0 saturated heterocycles. The first-order chi connectivity index (χ1) is 8.97. The molecule has 0 radical (unpaired) electrons. The van der Waals surface area contributed by atoms with Gasteiger partial charge in [0.1, 0.15) is 11.8 Å². The highest BCUT2D eigenvalue weighted by atomic mass is 35.5. The first-order valence-corrected chi connectivity index (χ1v) is 6.13.